The number of furan rings is 1. The standard InChI is InChI=1S/C30H26NO.C17H22NSi.Ir/c1-3-8-21(9-4-1)18-22-16-17-31-28(19-22)27-13-7-12-26-25-15-14-24(20-29(25)32-30(26)27)23-10-5-2-6-11-23;1-13(2)15-11-16(14-9-7-6-8-10-14)18-12-17(15)19(3,4)5;/h2,5-7,10-12,14-17,19-21H,1,3-4,8-9,18H2;6-9,11-13H,1-5H3;/q2*-1;/i18D2;13D;. The molecule has 1 aliphatic carbocycles. The molecule has 0 amide bonds. The predicted octanol–water partition coefficient (Wildman–Crippen LogP) is 12.5. The van der Waals surface area contributed by atoms with Crippen LogP contribution in [0.4, 0.5) is 0 Å². The van der Waals surface area contributed by atoms with Gasteiger partial charge in [0, 0.05) is 42.0 Å². The van der Waals surface area contributed by atoms with Crippen molar-refractivity contribution in [3.63, 3.8) is 0 Å². The van der Waals surface area contributed by atoms with E-state index in [9.17, 15) is 0 Å². The van der Waals surface area contributed by atoms with E-state index in [1.807, 2.05) is 86.8 Å². The zero-order chi connectivity index (χ0) is 38.1. The Morgan fingerprint density at radius 1 is 0.808 bits per heavy atom. The van der Waals surface area contributed by atoms with E-state index in [0.717, 1.165) is 81.1 Å². The van der Waals surface area contributed by atoms with Gasteiger partial charge in [-0.05, 0) is 58.0 Å². The molecule has 0 unspecified atom stereocenters. The Morgan fingerprint density at radius 3 is 2.33 bits per heavy atom. The molecule has 1 fully saturated rings. The molecule has 7 aromatic rings. The molecule has 3 nitrogen and oxygen atoms in total. The van der Waals surface area contributed by atoms with Gasteiger partial charge in [-0.25, -0.2) is 0 Å². The van der Waals surface area contributed by atoms with Crippen molar-refractivity contribution in [1.82, 2.24) is 9.97 Å². The van der Waals surface area contributed by atoms with Gasteiger partial charge in [0.15, 0.2) is 0 Å². The fourth-order valence-electron chi connectivity index (χ4n) is 7.05. The van der Waals surface area contributed by atoms with Gasteiger partial charge >= 0.3 is 0 Å². The number of pyridine rings is 2. The van der Waals surface area contributed by atoms with Crippen LogP contribution in [-0.2, 0) is 26.5 Å². The molecule has 0 atom stereocenters. The Kier molecular flexibility index (Phi) is 10.8. The van der Waals surface area contributed by atoms with Gasteiger partial charge in [0.25, 0.3) is 0 Å². The Morgan fingerprint density at radius 2 is 1.60 bits per heavy atom. The number of benzene rings is 4. The van der Waals surface area contributed by atoms with Gasteiger partial charge in [0.2, 0.25) is 0 Å². The van der Waals surface area contributed by atoms with Crippen molar-refractivity contribution < 1.29 is 28.6 Å². The molecule has 4 aromatic carbocycles. The van der Waals surface area contributed by atoms with Crippen molar-refractivity contribution in [2.75, 3.05) is 0 Å². The maximum Gasteiger partial charge on any atom is 0.121 e. The number of hydrogen-bond acceptors (Lipinski definition) is 3. The van der Waals surface area contributed by atoms with E-state index in [1.54, 1.807) is 6.20 Å². The molecule has 52 heavy (non-hydrogen) atoms. The van der Waals surface area contributed by atoms with Crippen molar-refractivity contribution in [3.8, 4) is 33.6 Å². The normalized spacial score (nSPS) is 14.8. The van der Waals surface area contributed by atoms with Crippen LogP contribution in [0.2, 0.25) is 19.6 Å². The first-order valence-electron chi connectivity index (χ1n) is 19.7. The first-order valence-corrected chi connectivity index (χ1v) is 21.7. The van der Waals surface area contributed by atoms with Crippen molar-refractivity contribution in [1.29, 1.82) is 0 Å². The van der Waals surface area contributed by atoms with Crippen LogP contribution >= 0.6 is 0 Å². The number of hydrogen-bond donors (Lipinski definition) is 0. The predicted molar refractivity (Wildman–Crippen MR) is 217 cm³/mol. The molecule has 5 heteroatoms. The summed E-state index contributed by atoms with van der Waals surface area (Å²) in [7, 11) is -1.50. The van der Waals surface area contributed by atoms with Crippen LogP contribution in [0.5, 0.6) is 0 Å². The smallest absolute Gasteiger partial charge is 0.121 e. The second-order valence-corrected chi connectivity index (χ2v) is 19.9. The van der Waals surface area contributed by atoms with Crippen LogP contribution in [0.25, 0.3) is 55.6 Å². The molecular weight excluding hydrogens is 829 g/mol. The third-order valence-corrected chi connectivity index (χ3v) is 11.8. The summed E-state index contributed by atoms with van der Waals surface area (Å²) in [6, 6.07) is 40.7. The number of aromatic nitrogens is 2. The van der Waals surface area contributed by atoms with E-state index in [4.69, 9.17) is 8.53 Å². The van der Waals surface area contributed by atoms with Gasteiger partial charge in [-0.3, -0.25) is 0 Å². The molecule has 0 aliphatic heterocycles. The maximum absolute atomic E-state index is 8.88. The van der Waals surface area contributed by atoms with Crippen LogP contribution in [-0.4, -0.2) is 18.0 Å². The number of fused-ring (bicyclic) bond motifs is 3. The number of rotatable bonds is 7. The molecule has 1 saturated carbocycles. The summed E-state index contributed by atoms with van der Waals surface area (Å²) in [5, 5.41) is 3.35. The van der Waals surface area contributed by atoms with E-state index >= 15 is 0 Å². The van der Waals surface area contributed by atoms with Crippen LogP contribution in [0.3, 0.4) is 0 Å². The van der Waals surface area contributed by atoms with Gasteiger partial charge in [0.1, 0.15) is 5.58 Å². The van der Waals surface area contributed by atoms with Gasteiger partial charge in [0.05, 0.1) is 13.7 Å². The summed E-state index contributed by atoms with van der Waals surface area (Å²) in [4.78, 5) is 9.21. The van der Waals surface area contributed by atoms with Crippen LogP contribution < -0.4 is 5.19 Å². The monoisotopic (exact) mass is 880 g/mol. The fourth-order valence-corrected chi connectivity index (χ4v) is 8.63. The first kappa shape index (κ1) is 33.7. The van der Waals surface area contributed by atoms with Gasteiger partial charge < -0.3 is 14.4 Å². The molecule has 3 heterocycles. The Hall–Kier alpha value is -4.15. The van der Waals surface area contributed by atoms with Crippen LogP contribution in [0, 0.1) is 18.1 Å². The van der Waals surface area contributed by atoms with Crippen molar-refractivity contribution in [2.45, 2.75) is 77.9 Å². The zero-order valence-corrected chi connectivity index (χ0v) is 34.1. The molecule has 0 N–H and O–H groups in total. The molecule has 0 bridgehead atoms. The van der Waals surface area contributed by atoms with Gasteiger partial charge in [-0.1, -0.05) is 142 Å². The molecule has 3 aromatic heterocycles. The van der Waals surface area contributed by atoms with Crippen LogP contribution in [0.15, 0.2) is 120 Å². The molecule has 8 rings (SSSR count). The quantitative estimate of drug-likeness (QED) is 0.118. The summed E-state index contributed by atoms with van der Waals surface area (Å²) in [6.45, 7) is 10.8. The second-order valence-electron chi connectivity index (χ2n) is 14.8. The SMILES string of the molecule is [2H]C(C)(C)c1cc(-c2[c-]cccc2)ncc1[Si](C)(C)C.[2H]C([2H])(c1ccnc(-c2[c-]ccc3c2oc2cc(-c4ccccc4)ccc23)c1)C1CCCCC1.[Ir]. The maximum atomic E-state index is 8.88. The van der Waals surface area contributed by atoms with Gasteiger partial charge in [-0.2, -0.15) is 0 Å². The van der Waals surface area contributed by atoms with E-state index < -0.39 is 20.3 Å². The average Bonchev–Trinajstić information content (AvgIpc) is 3.56. The molecule has 0 spiro atoms. The van der Waals surface area contributed by atoms with Crippen molar-refractivity contribution in [3.05, 3.63) is 139 Å². The largest absolute Gasteiger partial charge is 0.501 e. The minimum Gasteiger partial charge on any atom is -0.501 e. The van der Waals surface area contributed by atoms with E-state index in [0.29, 0.717) is 11.3 Å². The Balaban J connectivity index is 0.000000211. The molecule has 1 radical (unpaired) electrons. The zero-order valence-electron chi connectivity index (χ0n) is 33.7. The Labute approximate surface area is 328 Å². The number of nitrogens with zero attached hydrogens (tertiary/aromatic N) is 2. The fraction of sp³-hybridized carbons (Fsp3) is 0.277. The molecule has 1 aliphatic rings. The van der Waals surface area contributed by atoms with E-state index in [1.165, 1.54) is 11.6 Å². The minimum absolute atomic E-state index is 0. The van der Waals surface area contributed by atoms with Crippen molar-refractivity contribution >= 4 is 35.2 Å². The van der Waals surface area contributed by atoms with E-state index in [2.05, 4.69) is 78.1 Å². The Bertz CT molecular complexity index is 2380. The summed E-state index contributed by atoms with van der Waals surface area (Å²) in [6.07, 6.45) is 7.65. The summed E-state index contributed by atoms with van der Waals surface area (Å²) >= 11 is 0. The summed E-state index contributed by atoms with van der Waals surface area (Å²) in [5.74, 6) is -0.555. The molecule has 0 saturated heterocycles. The second kappa shape index (κ2) is 16.7. The third-order valence-electron chi connectivity index (χ3n) is 9.77. The minimum atomic E-state index is -1.50. The molecule has 267 valence electrons. The summed E-state index contributed by atoms with van der Waals surface area (Å²) < 4.78 is 32.6. The topological polar surface area (TPSA) is 38.9 Å². The molecular formula is C47H48IrN2OSi-2. The third kappa shape index (κ3) is 8.55. The first-order chi connectivity index (χ1) is 25.8. The summed E-state index contributed by atoms with van der Waals surface area (Å²) in [5.41, 5.74) is 8.98. The average molecular weight is 880 g/mol. The van der Waals surface area contributed by atoms with Crippen LogP contribution in [0.1, 0.15) is 67.1 Å². The van der Waals surface area contributed by atoms with Crippen molar-refractivity contribution in [2.24, 2.45) is 5.92 Å². The van der Waals surface area contributed by atoms with E-state index in [-0.39, 0.29) is 26.0 Å². The van der Waals surface area contributed by atoms with Gasteiger partial charge in [-0.15, -0.1) is 54.1 Å².